The fourth-order valence-electron chi connectivity index (χ4n) is 3.79. The first-order valence-corrected chi connectivity index (χ1v) is 13.5. The first-order chi connectivity index (χ1) is 14.9. The van der Waals surface area contributed by atoms with Crippen molar-refractivity contribution in [2.45, 2.75) is 49.5 Å². The zero-order chi connectivity index (χ0) is 21.8. The van der Waals surface area contributed by atoms with Crippen LogP contribution >= 0.6 is 22.7 Å². The number of nitrogens with zero attached hydrogens (tertiary/aromatic N) is 2. The maximum atomic E-state index is 12.9. The number of carbonyl (C=O) groups excluding carboxylic acids is 1. The van der Waals surface area contributed by atoms with E-state index in [2.05, 4.69) is 10.3 Å². The zero-order valence-corrected chi connectivity index (χ0v) is 19.7. The number of hydrogen-bond acceptors (Lipinski definition) is 6. The van der Waals surface area contributed by atoms with Crippen LogP contribution in [0.1, 0.15) is 37.8 Å². The molecule has 9 heteroatoms. The standard InChI is InChI=1S/C22H25N3O3S3/c1-25(19-5-3-2-4-6-19)31(27,28)20-9-7-17(8-10-20)23-21(26)13-18-15-30-22(24-18)16-11-12-29-14-16/h7-12,14-15,19H,2-6,13H2,1H3,(H,23,26). The third-order valence-corrected chi connectivity index (χ3v) is 9.11. The molecule has 1 aliphatic rings. The van der Waals surface area contributed by atoms with Gasteiger partial charge >= 0.3 is 0 Å². The highest BCUT2D eigenvalue weighted by atomic mass is 32.2. The molecule has 2 heterocycles. The van der Waals surface area contributed by atoms with Crippen LogP contribution < -0.4 is 5.32 Å². The molecule has 1 N–H and O–H groups in total. The Kier molecular flexibility index (Phi) is 6.86. The molecule has 1 fully saturated rings. The molecular formula is C22H25N3O3S3. The van der Waals surface area contributed by atoms with E-state index in [1.54, 1.807) is 42.6 Å². The lowest BCUT2D eigenvalue weighted by Gasteiger charge is -2.30. The lowest BCUT2D eigenvalue weighted by atomic mass is 9.96. The van der Waals surface area contributed by atoms with Crippen LogP contribution in [0.4, 0.5) is 5.69 Å². The Bertz CT molecular complexity index is 1120. The zero-order valence-electron chi connectivity index (χ0n) is 17.3. The van der Waals surface area contributed by atoms with E-state index < -0.39 is 10.0 Å². The molecule has 0 bridgehead atoms. The van der Waals surface area contributed by atoms with Crippen LogP contribution in [0.2, 0.25) is 0 Å². The number of thiazole rings is 1. The summed E-state index contributed by atoms with van der Waals surface area (Å²) in [6.07, 6.45) is 5.32. The summed E-state index contributed by atoms with van der Waals surface area (Å²) in [5, 5.41) is 9.65. The molecule has 0 unspecified atom stereocenters. The lowest BCUT2D eigenvalue weighted by molar-refractivity contribution is -0.115. The Morgan fingerprint density at radius 2 is 1.87 bits per heavy atom. The number of amides is 1. The molecule has 1 aliphatic carbocycles. The predicted octanol–water partition coefficient (Wildman–Crippen LogP) is 5.01. The van der Waals surface area contributed by atoms with Gasteiger partial charge in [-0.15, -0.1) is 11.3 Å². The quantitative estimate of drug-likeness (QED) is 0.521. The smallest absolute Gasteiger partial charge is 0.243 e. The maximum Gasteiger partial charge on any atom is 0.243 e. The molecule has 164 valence electrons. The van der Waals surface area contributed by atoms with Gasteiger partial charge < -0.3 is 5.32 Å². The Labute approximate surface area is 191 Å². The van der Waals surface area contributed by atoms with Gasteiger partial charge in [-0.1, -0.05) is 19.3 Å². The van der Waals surface area contributed by atoms with Gasteiger partial charge in [-0.2, -0.15) is 15.6 Å². The molecular weight excluding hydrogens is 450 g/mol. The Morgan fingerprint density at radius 3 is 2.55 bits per heavy atom. The Hall–Kier alpha value is -2.07. The second-order valence-corrected chi connectivity index (χ2v) is 11.4. The minimum atomic E-state index is -3.54. The van der Waals surface area contributed by atoms with Gasteiger partial charge in [0, 0.05) is 35.1 Å². The molecule has 2 aromatic heterocycles. The molecule has 0 atom stereocenters. The van der Waals surface area contributed by atoms with Gasteiger partial charge in [-0.05, 0) is 48.6 Å². The topological polar surface area (TPSA) is 79.4 Å². The number of rotatable bonds is 7. The van der Waals surface area contributed by atoms with E-state index >= 15 is 0 Å². The largest absolute Gasteiger partial charge is 0.326 e. The fourth-order valence-corrected chi connectivity index (χ4v) is 6.74. The van der Waals surface area contributed by atoms with Crippen LogP contribution in [-0.4, -0.2) is 36.7 Å². The van der Waals surface area contributed by atoms with Crippen molar-refractivity contribution in [1.29, 1.82) is 0 Å². The van der Waals surface area contributed by atoms with Crippen LogP contribution in [-0.2, 0) is 21.2 Å². The molecule has 1 amide bonds. The van der Waals surface area contributed by atoms with Gasteiger partial charge in [0.25, 0.3) is 0 Å². The van der Waals surface area contributed by atoms with Crippen molar-refractivity contribution in [1.82, 2.24) is 9.29 Å². The highest BCUT2D eigenvalue weighted by molar-refractivity contribution is 7.89. The predicted molar refractivity (Wildman–Crippen MR) is 126 cm³/mol. The lowest BCUT2D eigenvalue weighted by Crippen LogP contribution is -2.38. The van der Waals surface area contributed by atoms with Gasteiger partial charge in [-0.3, -0.25) is 4.79 Å². The summed E-state index contributed by atoms with van der Waals surface area (Å²) >= 11 is 3.13. The summed E-state index contributed by atoms with van der Waals surface area (Å²) in [5.41, 5.74) is 2.35. The third kappa shape index (κ3) is 5.23. The first kappa shape index (κ1) is 22.1. The van der Waals surface area contributed by atoms with E-state index in [0.717, 1.165) is 41.9 Å². The minimum Gasteiger partial charge on any atom is -0.326 e. The number of thiophene rings is 1. The first-order valence-electron chi connectivity index (χ1n) is 10.3. The van der Waals surface area contributed by atoms with Crippen LogP contribution in [0.5, 0.6) is 0 Å². The molecule has 0 spiro atoms. The molecule has 1 saturated carbocycles. The SMILES string of the molecule is CN(C1CCCCC1)S(=O)(=O)c1ccc(NC(=O)Cc2csc(-c3ccsc3)n2)cc1. The van der Waals surface area contributed by atoms with E-state index in [4.69, 9.17) is 0 Å². The number of benzene rings is 1. The van der Waals surface area contributed by atoms with E-state index in [9.17, 15) is 13.2 Å². The monoisotopic (exact) mass is 475 g/mol. The summed E-state index contributed by atoms with van der Waals surface area (Å²) in [4.78, 5) is 17.2. The number of hydrogen-bond donors (Lipinski definition) is 1. The highest BCUT2D eigenvalue weighted by Crippen LogP contribution is 2.28. The minimum absolute atomic E-state index is 0.0650. The van der Waals surface area contributed by atoms with Crippen molar-refractivity contribution >= 4 is 44.3 Å². The van der Waals surface area contributed by atoms with Crippen LogP contribution in [0.15, 0.2) is 51.4 Å². The second kappa shape index (κ2) is 9.60. The second-order valence-electron chi connectivity index (χ2n) is 7.72. The molecule has 0 radical (unpaired) electrons. The average Bonchev–Trinajstić information content (AvgIpc) is 3.46. The van der Waals surface area contributed by atoms with E-state index in [-0.39, 0.29) is 23.3 Å². The molecule has 0 saturated heterocycles. The van der Waals surface area contributed by atoms with Gasteiger partial charge in [0.1, 0.15) is 5.01 Å². The fraction of sp³-hybridized carbons (Fsp3) is 0.364. The molecule has 1 aromatic carbocycles. The van der Waals surface area contributed by atoms with E-state index in [0.29, 0.717) is 5.69 Å². The molecule has 6 nitrogen and oxygen atoms in total. The van der Waals surface area contributed by atoms with E-state index in [1.807, 2.05) is 22.2 Å². The van der Waals surface area contributed by atoms with Crippen LogP contribution in [0.3, 0.4) is 0 Å². The average molecular weight is 476 g/mol. The van der Waals surface area contributed by atoms with Gasteiger partial charge in [-0.25, -0.2) is 13.4 Å². The summed E-state index contributed by atoms with van der Waals surface area (Å²) in [5.74, 6) is -0.183. The van der Waals surface area contributed by atoms with Crippen molar-refractivity contribution in [3.05, 3.63) is 52.2 Å². The third-order valence-electron chi connectivity index (χ3n) is 5.57. The molecule has 3 aromatic rings. The van der Waals surface area contributed by atoms with Crippen molar-refractivity contribution in [3.63, 3.8) is 0 Å². The maximum absolute atomic E-state index is 12.9. The summed E-state index contributed by atoms with van der Waals surface area (Å²) < 4.78 is 27.4. The summed E-state index contributed by atoms with van der Waals surface area (Å²) in [6, 6.07) is 8.46. The Morgan fingerprint density at radius 1 is 1.13 bits per heavy atom. The van der Waals surface area contributed by atoms with Crippen molar-refractivity contribution in [3.8, 4) is 10.6 Å². The number of nitrogens with one attached hydrogen (secondary N) is 1. The molecule has 0 aliphatic heterocycles. The number of sulfonamides is 1. The van der Waals surface area contributed by atoms with E-state index in [1.165, 1.54) is 22.1 Å². The summed E-state index contributed by atoms with van der Waals surface area (Å²) in [6.45, 7) is 0. The van der Waals surface area contributed by atoms with Gasteiger partial charge in [0.05, 0.1) is 17.0 Å². The van der Waals surface area contributed by atoms with Crippen LogP contribution in [0, 0.1) is 0 Å². The van der Waals surface area contributed by atoms with Crippen LogP contribution in [0.25, 0.3) is 10.6 Å². The highest BCUT2D eigenvalue weighted by Gasteiger charge is 2.28. The van der Waals surface area contributed by atoms with Gasteiger partial charge in [0.15, 0.2) is 0 Å². The number of anilines is 1. The number of carbonyl (C=O) groups is 1. The number of aromatic nitrogens is 1. The summed E-state index contributed by atoms with van der Waals surface area (Å²) in [7, 11) is -1.87. The normalized spacial score (nSPS) is 15.3. The van der Waals surface area contributed by atoms with Crippen molar-refractivity contribution in [2.24, 2.45) is 0 Å². The van der Waals surface area contributed by atoms with Gasteiger partial charge in [0.2, 0.25) is 15.9 Å². The molecule has 4 rings (SSSR count). The molecule has 31 heavy (non-hydrogen) atoms. The Balaban J connectivity index is 1.37. The van der Waals surface area contributed by atoms with Crippen molar-refractivity contribution < 1.29 is 13.2 Å². The van der Waals surface area contributed by atoms with Crippen molar-refractivity contribution in [2.75, 3.05) is 12.4 Å².